The summed E-state index contributed by atoms with van der Waals surface area (Å²) >= 11 is 0. The second-order valence-corrected chi connectivity index (χ2v) is 8.39. The van der Waals surface area contributed by atoms with Gasteiger partial charge in [0, 0.05) is 6.54 Å². The van der Waals surface area contributed by atoms with Gasteiger partial charge in [-0.1, -0.05) is 94.8 Å². The first-order valence-corrected chi connectivity index (χ1v) is 11.9. The van der Waals surface area contributed by atoms with Gasteiger partial charge in [0.2, 0.25) is 0 Å². The lowest BCUT2D eigenvalue weighted by Crippen LogP contribution is -2.26. The van der Waals surface area contributed by atoms with E-state index in [1.165, 1.54) is 87.7 Å². The summed E-state index contributed by atoms with van der Waals surface area (Å²) in [6.45, 7) is 10.2. The van der Waals surface area contributed by atoms with E-state index in [1.54, 1.807) is 0 Å². The van der Waals surface area contributed by atoms with Gasteiger partial charge in [-0.25, -0.2) is 4.39 Å². The van der Waals surface area contributed by atoms with Gasteiger partial charge >= 0.3 is 0 Å². The third-order valence-electron chi connectivity index (χ3n) is 5.83. The number of hydrogen-bond acceptors (Lipinski definition) is 1. The fourth-order valence-electron chi connectivity index (χ4n) is 3.77. The molecule has 164 valence electrons. The molecule has 0 unspecified atom stereocenters. The molecule has 0 aliphatic carbocycles. The Morgan fingerprint density at radius 2 is 1.23 bits per heavy atom. The molecular weight excluding hydrogens is 369 g/mol. The predicted octanol–water partition coefficient (Wildman–Crippen LogP) is 8.36. The highest BCUT2D eigenvalue weighted by Crippen LogP contribution is 2.23. The number of nitrogens with zero attached hydrogens (tertiary/aromatic N) is 1. The molecule has 2 rings (SSSR count). The Balaban J connectivity index is 1.94. The van der Waals surface area contributed by atoms with Crippen molar-refractivity contribution in [2.75, 3.05) is 19.6 Å². The Bertz CT molecular complexity index is 718. The number of allylic oxidation sites excluding steroid dienone is 1. The first-order valence-electron chi connectivity index (χ1n) is 11.9. The SMILES string of the molecule is CCCCCCN(C/C=C(/C)c1ccc(-c2ccc(F)cc2)cc1)CCCCCC. The van der Waals surface area contributed by atoms with E-state index in [4.69, 9.17) is 0 Å². The average molecular weight is 410 g/mol. The van der Waals surface area contributed by atoms with Gasteiger partial charge in [-0.05, 0) is 67.3 Å². The van der Waals surface area contributed by atoms with Crippen LogP contribution in [0.2, 0.25) is 0 Å². The van der Waals surface area contributed by atoms with Crippen LogP contribution in [-0.2, 0) is 0 Å². The zero-order valence-corrected chi connectivity index (χ0v) is 19.3. The molecule has 0 saturated carbocycles. The van der Waals surface area contributed by atoms with Crippen molar-refractivity contribution < 1.29 is 4.39 Å². The van der Waals surface area contributed by atoms with Crippen LogP contribution in [0.25, 0.3) is 16.7 Å². The Kier molecular flexibility index (Phi) is 11.5. The van der Waals surface area contributed by atoms with Crippen LogP contribution in [0.15, 0.2) is 54.6 Å². The lowest BCUT2D eigenvalue weighted by Gasteiger charge is -2.21. The minimum atomic E-state index is -0.192. The molecule has 2 heteroatoms. The Morgan fingerprint density at radius 1 is 0.733 bits per heavy atom. The van der Waals surface area contributed by atoms with Crippen molar-refractivity contribution in [3.8, 4) is 11.1 Å². The maximum absolute atomic E-state index is 13.1. The normalized spacial score (nSPS) is 12.0. The number of unbranched alkanes of at least 4 members (excludes halogenated alkanes) is 6. The molecule has 0 bridgehead atoms. The van der Waals surface area contributed by atoms with E-state index in [0.29, 0.717) is 0 Å². The van der Waals surface area contributed by atoms with Gasteiger partial charge in [0.1, 0.15) is 5.82 Å². The van der Waals surface area contributed by atoms with Gasteiger partial charge in [0.15, 0.2) is 0 Å². The summed E-state index contributed by atoms with van der Waals surface area (Å²) in [5, 5.41) is 0. The van der Waals surface area contributed by atoms with Crippen molar-refractivity contribution in [1.29, 1.82) is 0 Å². The van der Waals surface area contributed by atoms with Gasteiger partial charge in [0.05, 0.1) is 0 Å². The molecule has 30 heavy (non-hydrogen) atoms. The van der Waals surface area contributed by atoms with E-state index >= 15 is 0 Å². The summed E-state index contributed by atoms with van der Waals surface area (Å²) in [5.41, 5.74) is 4.76. The fraction of sp³-hybridized carbons (Fsp3) is 0.500. The van der Waals surface area contributed by atoms with Crippen molar-refractivity contribution in [2.24, 2.45) is 0 Å². The van der Waals surface area contributed by atoms with Gasteiger partial charge in [-0.2, -0.15) is 0 Å². The quantitative estimate of drug-likeness (QED) is 0.283. The lowest BCUT2D eigenvalue weighted by molar-refractivity contribution is 0.287. The van der Waals surface area contributed by atoms with Crippen LogP contribution in [0.1, 0.15) is 77.7 Å². The van der Waals surface area contributed by atoms with Gasteiger partial charge in [-0.15, -0.1) is 0 Å². The Morgan fingerprint density at radius 3 is 1.73 bits per heavy atom. The maximum atomic E-state index is 13.1. The van der Waals surface area contributed by atoms with E-state index in [0.717, 1.165) is 17.7 Å². The van der Waals surface area contributed by atoms with Crippen LogP contribution < -0.4 is 0 Å². The molecule has 1 nitrogen and oxygen atoms in total. The van der Waals surface area contributed by atoms with Crippen LogP contribution in [0.4, 0.5) is 4.39 Å². The fourth-order valence-corrected chi connectivity index (χ4v) is 3.77. The monoisotopic (exact) mass is 409 g/mol. The van der Waals surface area contributed by atoms with E-state index in [1.807, 2.05) is 12.1 Å². The minimum absolute atomic E-state index is 0.192. The molecule has 0 aliphatic heterocycles. The average Bonchev–Trinajstić information content (AvgIpc) is 2.77. The molecule has 0 atom stereocenters. The molecule has 0 amide bonds. The van der Waals surface area contributed by atoms with Crippen LogP contribution in [0.5, 0.6) is 0 Å². The zero-order valence-electron chi connectivity index (χ0n) is 19.3. The highest BCUT2D eigenvalue weighted by atomic mass is 19.1. The minimum Gasteiger partial charge on any atom is -0.300 e. The van der Waals surface area contributed by atoms with Crippen LogP contribution in [-0.4, -0.2) is 24.5 Å². The smallest absolute Gasteiger partial charge is 0.123 e. The summed E-state index contributed by atoms with van der Waals surface area (Å²) < 4.78 is 13.1. The van der Waals surface area contributed by atoms with Crippen LogP contribution >= 0.6 is 0 Å². The Labute approximate surface area is 184 Å². The highest BCUT2D eigenvalue weighted by molar-refractivity contribution is 5.69. The third kappa shape index (κ3) is 8.83. The number of halogens is 1. The summed E-state index contributed by atoms with van der Waals surface area (Å²) in [5.74, 6) is -0.192. The van der Waals surface area contributed by atoms with Gasteiger partial charge in [0.25, 0.3) is 0 Å². The maximum Gasteiger partial charge on any atom is 0.123 e. The summed E-state index contributed by atoms with van der Waals surface area (Å²) in [6, 6.07) is 15.3. The van der Waals surface area contributed by atoms with Crippen LogP contribution in [0.3, 0.4) is 0 Å². The molecule has 0 spiro atoms. The standard InChI is InChI=1S/C28H40FN/c1-4-6-8-10-21-30(22-11-9-7-5-2)23-20-24(3)25-12-14-26(15-13-25)27-16-18-28(29)19-17-27/h12-20H,4-11,21-23H2,1-3H3/b24-20-. The van der Waals surface area contributed by atoms with Gasteiger partial charge in [-0.3, -0.25) is 4.90 Å². The molecule has 0 saturated heterocycles. The van der Waals surface area contributed by atoms with E-state index in [9.17, 15) is 4.39 Å². The number of hydrogen-bond donors (Lipinski definition) is 0. The predicted molar refractivity (Wildman–Crippen MR) is 130 cm³/mol. The van der Waals surface area contributed by atoms with Crippen molar-refractivity contribution in [3.63, 3.8) is 0 Å². The third-order valence-corrected chi connectivity index (χ3v) is 5.83. The van der Waals surface area contributed by atoms with Crippen molar-refractivity contribution in [2.45, 2.75) is 72.1 Å². The van der Waals surface area contributed by atoms with Gasteiger partial charge < -0.3 is 0 Å². The zero-order chi connectivity index (χ0) is 21.6. The summed E-state index contributed by atoms with van der Waals surface area (Å²) in [4.78, 5) is 2.63. The van der Waals surface area contributed by atoms with Crippen LogP contribution in [0, 0.1) is 5.82 Å². The molecule has 2 aromatic carbocycles. The molecule has 0 radical (unpaired) electrons. The van der Waals surface area contributed by atoms with E-state index in [-0.39, 0.29) is 5.82 Å². The molecule has 0 N–H and O–H groups in total. The lowest BCUT2D eigenvalue weighted by atomic mass is 10.0. The molecule has 0 heterocycles. The summed E-state index contributed by atoms with van der Waals surface area (Å²) in [7, 11) is 0. The van der Waals surface area contributed by atoms with E-state index < -0.39 is 0 Å². The van der Waals surface area contributed by atoms with Crippen molar-refractivity contribution in [1.82, 2.24) is 4.90 Å². The first-order chi connectivity index (χ1) is 14.6. The van der Waals surface area contributed by atoms with E-state index in [2.05, 4.69) is 56.0 Å². The van der Waals surface area contributed by atoms with Crippen molar-refractivity contribution in [3.05, 3.63) is 66.0 Å². The number of rotatable bonds is 14. The second-order valence-electron chi connectivity index (χ2n) is 8.39. The highest BCUT2D eigenvalue weighted by Gasteiger charge is 2.05. The second kappa shape index (κ2) is 14.1. The molecule has 0 aliphatic rings. The molecule has 0 fully saturated rings. The van der Waals surface area contributed by atoms with Crippen molar-refractivity contribution >= 4 is 5.57 Å². The molecule has 2 aromatic rings. The first kappa shape index (κ1) is 24.3. The molecule has 0 aromatic heterocycles. The molecular formula is C28H40FN. The number of benzene rings is 2. The largest absolute Gasteiger partial charge is 0.300 e. The Hall–Kier alpha value is -1.93. The summed E-state index contributed by atoms with van der Waals surface area (Å²) in [6.07, 6.45) is 13.0. The topological polar surface area (TPSA) is 3.24 Å².